The van der Waals surface area contributed by atoms with Gasteiger partial charge in [0.15, 0.2) is 17.2 Å². The first-order valence-corrected chi connectivity index (χ1v) is 7.96. The molecule has 1 aliphatic heterocycles. The van der Waals surface area contributed by atoms with Crippen molar-refractivity contribution in [3.63, 3.8) is 0 Å². The van der Waals surface area contributed by atoms with Crippen molar-refractivity contribution >= 4 is 17.3 Å². The van der Waals surface area contributed by atoms with Crippen LogP contribution in [0.4, 0.5) is 30.5 Å². The van der Waals surface area contributed by atoms with E-state index in [2.05, 4.69) is 36.1 Å². The van der Waals surface area contributed by atoms with E-state index in [1.807, 2.05) is 6.07 Å². The van der Waals surface area contributed by atoms with Crippen LogP contribution in [0, 0.1) is 11.3 Å². The lowest BCUT2D eigenvalue weighted by Gasteiger charge is -2.24. The number of nitrogens with zero attached hydrogens (tertiary/aromatic N) is 5. The third-order valence-corrected chi connectivity index (χ3v) is 3.61. The van der Waals surface area contributed by atoms with E-state index in [1.165, 1.54) is 18.5 Å². The van der Waals surface area contributed by atoms with Crippen molar-refractivity contribution in [3.05, 3.63) is 29.8 Å². The maximum absolute atomic E-state index is 13.2. The standard InChI is InChI=1S/C15H15F3N8O/c16-15(17,18)14-11(22-7-10-6-20-1-2-27-10)3-12(25-26-14)24-13-8-21-9(4-19)5-23-13/h3,5,8,10,20H,1-2,6-7H2,(H2,22,23,24,25)/t10-/m1/s1. The minimum Gasteiger partial charge on any atom is -0.380 e. The van der Waals surface area contributed by atoms with Gasteiger partial charge in [-0.2, -0.15) is 18.4 Å². The molecule has 3 heterocycles. The number of nitriles is 1. The van der Waals surface area contributed by atoms with Crippen molar-refractivity contribution in [2.45, 2.75) is 12.3 Å². The molecule has 1 aliphatic rings. The monoisotopic (exact) mass is 380 g/mol. The fourth-order valence-corrected chi connectivity index (χ4v) is 2.35. The normalized spacial score (nSPS) is 17.2. The number of anilines is 3. The van der Waals surface area contributed by atoms with Gasteiger partial charge in [0, 0.05) is 25.7 Å². The Morgan fingerprint density at radius 1 is 1.26 bits per heavy atom. The van der Waals surface area contributed by atoms with E-state index in [4.69, 9.17) is 10.00 Å². The molecular weight excluding hydrogens is 365 g/mol. The molecule has 0 saturated carbocycles. The maximum atomic E-state index is 13.2. The van der Waals surface area contributed by atoms with Gasteiger partial charge in [0.1, 0.15) is 11.9 Å². The molecule has 1 atom stereocenters. The van der Waals surface area contributed by atoms with Crippen molar-refractivity contribution < 1.29 is 17.9 Å². The number of hydrogen-bond donors (Lipinski definition) is 3. The Morgan fingerprint density at radius 2 is 2.11 bits per heavy atom. The number of hydrogen-bond acceptors (Lipinski definition) is 9. The van der Waals surface area contributed by atoms with E-state index >= 15 is 0 Å². The van der Waals surface area contributed by atoms with Gasteiger partial charge in [0.25, 0.3) is 0 Å². The lowest BCUT2D eigenvalue weighted by Crippen LogP contribution is -2.42. The van der Waals surface area contributed by atoms with Crippen molar-refractivity contribution in [1.82, 2.24) is 25.5 Å². The average molecular weight is 380 g/mol. The highest BCUT2D eigenvalue weighted by Gasteiger charge is 2.36. The minimum atomic E-state index is -4.66. The molecule has 1 fully saturated rings. The third-order valence-electron chi connectivity index (χ3n) is 3.61. The molecule has 0 spiro atoms. The summed E-state index contributed by atoms with van der Waals surface area (Å²) in [6, 6.07) is 3.00. The Balaban J connectivity index is 1.77. The van der Waals surface area contributed by atoms with Gasteiger partial charge in [-0.3, -0.25) is 0 Å². The zero-order valence-electron chi connectivity index (χ0n) is 13.9. The molecule has 0 bridgehead atoms. The molecule has 12 heteroatoms. The maximum Gasteiger partial charge on any atom is 0.437 e. The number of rotatable bonds is 5. The average Bonchev–Trinajstić information content (AvgIpc) is 2.67. The number of alkyl halides is 3. The molecule has 0 aromatic carbocycles. The van der Waals surface area contributed by atoms with Crippen molar-refractivity contribution in [3.8, 4) is 6.07 Å². The lowest BCUT2D eigenvalue weighted by atomic mass is 10.2. The Hall–Kier alpha value is -3.04. The highest BCUT2D eigenvalue weighted by molar-refractivity contribution is 5.60. The van der Waals surface area contributed by atoms with E-state index in [1.54, 1.807) is 0 Å². The quantitative estimate of drug-likeness (QED) is 0.705. The number of aromatic nitrogens is 4. The van der Waals surface area contributed by atoms with E-state index in [0.29, 0.717) is 19.7 Å². The molecule has 2 aromatic heterocycles. The Labute approximate surface area is 152 Å². The van der Waals surface area contributed by atoms with Gasteiger partial charge >= 0.3 is 6.18 Å². The van der Waals surface area contributed by atoms with Crippen LogP contribution < -0.4 is 16.0 Å². The van der Waals surface area contributed by atoms with Crippen LogP contribution in [-0.2, 0) is 10.9 Å². The van der Waals surface area contributed by atoms with Crippen LogP contribution in [0.3, 0.4) is 0 Å². The van der Waals surface area contributed by atoms with E-state index < -0.39 is 11.9 Å². The van der Waals surface area contributed by atoms with Gasteiger partial charge in [-0.05, 0) is 0 Å². The second-order valence-corrected chi connectivity index (χ2v) is 5.59. The van der Waals surface area contributed by atoms with Crippen molar-refractivity contribution in [2.75, 3.05) is 36.9 Å². The van der Waals surface area contributed by atoms with Crippen LogP contribution in [0.1, 0.15) is 11.4 Å². The topological polar surface area (TPSA) is 121 Å². The predicted octanol–water partition coefficient (Wildman–Crippen LogP) is 1.30. The van der Waals surface area contributed by atoms with Gasteiger partial charge in [-0.15, -0.1) is 10.2 Å². The third kappa shape index (κ3) is 4.99. The number of morpholine rings is 1. The summed E-state index contributed by atoms with van der Waals surface area (Å²) in [7, 11) is 0. The zero-order valence-corrected chi connectivity index (χ0v) is 13.9. The summed E-state index contributed by atoms with van der Waals surface area (Å²) in [5.74, 6) is 0.265. The molecule has 142 valence electrons. The van der Waals surface area contributed by atoms with E-state index in [9.17, 15) is 13.2 Å². The molecule has 2 aromatic rings. The smallest absolute Gasteiger partial charge is 0.380 e. The first-order valence-electron chi connectivity index (χ1n) is 7.96. The van der Waals surface area contributed by atoms with Crippen molar-refractivity contribution in [2.24, 2.45) is 0 Å². The fourth-order valence-electron chi connectivity index (χ4n) is 2.35. The fraction of sp³-hybridized carbons (Fsp3) is 0.400. The summed E-state index contributed by atoms with van der Waals surface area (Å²) in [4.78, 5) is 7.75. The molecule has 1 saturated heterocycles. The molecule has 0 radical (unpaired) electrons. The van der Waals surface area contributed by atoms with Crippen LogP contribution in [0.15, 0.2) is 18.5 Å². The first-order chi connectivity index (χ1) is 13.0. The highest BCUT2D eigenvalue weighted by Crippen LogP contribution is 2.34. The lowest BCUT2D eigenvalue weighted by molar-refractivity contribution is -0.141. The molecular formula is C15H15F3N8O. The molecule has 0 amide bonds. The zero-order chi connectivity index (χ0) is 19.3. The van der Waals surface area contributed by atoms with Crippen LogP contribution in [0.2, 0.25) is 0 Å². The SMILES string of the molecule is N#Cc1cnc(Nc2cc(NC[C@H]3CNCCO3)c(C(F)(F)F)nn2)cn1. The van der Waals surface area contributed by atoms with E-state index in [0.717, 1.165) is 0 Å². The van der Waals surface area contributed by atoms with Gasteiger partial charge < -0.3 is 20.7 Å². The summed E-state index contributed by atoms with van der Waals surface area (Å²) in [6.07, 6.45) is -2.42. The molecule has 3 rings (SSSR count). The summed E-state index contributed by atoms with van der Waals surface area (Å²) < 4.78 is 45.1. The van der Waals surface area contributed by atoms with Gasteiger partial charge in [0.05, 0.1) is 30.8 Å². The van der Waals surface area contributed by atoms with Crippen molar-refractivity contribution in [1.29, 1.82) is 5.26 Å². The van der Waals surface area contributed by atoms with Crippen LogP contribution >= 0.6 is 0 Å². The summed E-state index contributed by atoms with van der Waals surface area (Å²) in [5.41, 5.74) is -1.24. The van der Waals surface area contributed by atoms with E-state index in [-0.39, 0.29) is 35.7 Å². The summed E-state index contributed by atoms with van der Waals surface area (Å²) in [5, 5.41) is 24.1. The Morgan fingerprint density at radius 3 is 2.74 bits per heavy atom. The summed E-state index contributed by atoms with van der Waals surface area (Å²) in [6.45, 7) is 1.93. The minimum absolute atomic E-state index is 0.0483. The Kier molecular flexibility index (Phi) is 5.63. The molecule has 0 unspecified atom stereocenters. The number of nitrogens with one attached hydrogen (secondary N) is 3. The van der Waals surface area contributed by atoms with Crippen LogP contribution in [0.5, 0.6) is 0 Å². The second-order valence-electron chi connectivity index (χ2n) is 5.59. The van der Waals surface area contributed by atoms with Crippen LogP contribution in [-0.4, -0.2) is 52.5 Å². The second kappa shape index (κ2) is 8.11. The molecule has 9 nitrogen and oxygen atoms in total. The molecule has 3 N–H and O–H groups in total. The molecule has 0 aliphatic carbocycles. The Bertz CT molecular complexity index is 815. The van der Waals surface area contributed by atoms with Gasteiger partial charge in [-0.1, -0.05) is 0 Å². The van der Waals surface area contributed by atoms with Crippen LogP contribution in [0.25, 0.3) is 0 Å². The first kappa shape index (κ1) is 18.7. The van der Waals surface area contributed by atoms with Gasteiger partial charge in [-0.25, -0.2) is 9.97 Å². The largest absolute Gasteiger partial charge is 0.437 e. The predicted molar refractivity (Wildman–Crippen MR) is 88.2 cm³/mol. The number of ether oxygens (including phenoxy) is 1. The summed E-state index contributed by atoms with van der Waals surface area (Å²) >= 11 is 0. The van der Waals surface area contributed by atoms with Gasteiger partial charge in [0.2, 0.25) is 0 Å². The number of halogens is 3. The molecule has 27 heavy (non-hydrogen) atoms. The highest BCUT2D eigenvalue weighted by atomic mass is 19.4.